The van der Waals surface area contributed by atoms with Crippen LogP contribution < -0.4 is 0 Å². The Hall–Kier alpha value is -1.32. The van der Waals surface area contributed by atoms with Crippen molar-refractivity contribution in [2.75, 3.05) is 13.1 Å². The molecular formula is C10H16N2O2. The average Bonchev–Trinajstić information content (AvgIpc) is 2.53. The highest BCUT2D eigenvalue weighted by Gasteiger charge is 2.22. The molecule has 0 bridgehead atoms. The summed E-state index contributed by atoms with van der Waals surface area (Å²) in [6, 6.07) is 0. The van der Waals surface area contributed by atoms with E-state index in [2.05, 4.69) is 0 Å². The number of allylic oxidation sites excluding steroid dienone is 1. The Kier molecular flexibility index (Phi) is 3.28. The Morgan fingerprint density at radius 1 is 1.29 bits per heavy atom. The number of carbonyl (C=O) groups is 1. The SMILES string of the molecule is CC(=O)/C(C(=N)N1CCCC1)=C(/C)O. The van der Waals surface area contributed by atoms with E-state index in [4.69, 9.17) is 5.41 Å². The monoisotopic (exact) mass is 196 g/mol. The van der Waals surface area contributed by atoms with E-state index in [0.717, 1.165) is 25.9 Å². The average molecular weight is 196 g/mol. The van der Waals surface area contributed by atoms with Crippen LogP contribution in [0.25, 0.3) is 0 Å². The zero-order valence-corrected chi connectivity index (χ0v) is 8.63. The van der Waals surface area contributed by atoms with Gasteiger partial charge >= 0.3 is 0 Å². The lowest BCUT2D eigenvalue weighted by molar-refractivity contribution is -0.113. The number of aliphatic hydroxyl groups is 1. The van der Waals surface area contributed by atoms with Gasteiger partial charge in [0.2, 0.25) is 0 Å². The Labute approximate surface area is 83.7 Å². The maximum absolute atomic E-state index is 11.2. The van der Waals surface area contributed by atoms with Crippen LogP contribution in [0.2, 0.25) is 0 Å². The summed E-state index contributed by atoms with van der Waals surface area (Å²) in [5, 5.41) is 17.1. The highest BCUT2D eigenvalue weighted by atomic mass is 16.3. The second-order valence-electron chi connectivity index (χ2n) is 3.56. The van der Waals surface area contributed by atoms with Crippen molar-refractivity contribution in [2.24, 2.45) is 0 Å². The second-order valence-corrected chi connectivity index (χ2v) is 3.56. The molecular weight excluding hydrogens is 180 g/mol. The van der Waals surface area contributed by atoms with E-state index in [-0.39, 0.29) is 23.0 Å². The first-order valence-electron chi connectivity index (χ1n) is 4.78. The number of nitrogens with zero attached hydrogens (tertiary/aromatic N) is 1. The molecule has 0 unspecified atom stereocenters. The molecule has 0 aromatic carbocycles. The van der Waals surface area contributed by atoms with Gasteiger partial charge in [0.25, 0.3) is 0 Å². The summed E-state index contributed by atoms with van der Waals surface area (Å²) in [4.78, 5) is 13.0. The van der Waals surface area contributed by atoms with Gasteiger partial charge in [-0.2, -0.15) is 0 Å². The molecule has 0 spiro atoms. The molecule has 1 fully saturated rings. The number of Topliss-reactive ketones (excluding diaryl/α,β-unsaturated/α-hetero) is 1. The summed E-state index contributed by atoms with van der Waals surface area (Å²) in [7, 11) is 0. The number of hydrogen-bond acceptors (Lipinski definition) is 3. The fourth-order valence-electron chi connectivity index (χ4n) is 1.69. The van der Waals surface area contributed by atoms with E-state index in [1.807, 2.05) is 4.90 Å². The molecule has 78 valence electrons. The largest absolute Gasteiger partial charge is 0.512 e. The Morgan fingerprint density at radius 3 is 2.14 bits per heavy atom. The smallest absolute Gasteiger partial charge is 0.166 e. The first-order valence-corrected chi connectivity index (χ1v) is 4.78. The van der Waals surface area contributed by atoms with Gasteiger partial charge in [-0.05, 0) is 26.7 Å². The Balaban J connectivity index is 2.85. The van der Waals surface area contributed by atoms with Crippen LogP contribution in [0.1, 0.15) is 26.7 Å². The zero-order chi connectivity index (χ0) is 10.7. The lowest BCUT2D eigenvalue weighted by Crippen LogP contribution is -2.31. The van der Waals surface area contributed by atoms with Crippen molar-refractivity contribution in [3.8, 4) is 0 Å². The third kappa shape index (κ3) is 2.13. The van der Waals surface area contributed by atoms with Crippen molar-refractivity contribution < 1.29 is 9.90 Å². The molecule has 14 heavy (non-hydrogen) atoms. The number of aliphatic hydroxyl groups excluding tert-OH is 1. The van der Waals surface area contributed by atoms with E-state index in [0.29, 0.717) is 0 Å². The minimum Gasteiger partial charge on any atom is -0.512 e. The lowest BCUT2D eigenvalue weighted by Gasteiger charge is -2.19. The number of rotatable bonds is 2. The van der Waals surface area contributed by atoms with Crippen LogP contribution in [0.4, 0.5) is 0 Å². The third-order valence-corrected chi connectivity index (χ3v) is 2.37. The standard InChI is InChI=1S/C10H16N2O2/c1-7(13)9(8(2)14)10(11)12-5-3-4-6-12/h11,13H,3-6H2,1-2H3/b9-7+,11-10?. The first-order chi connectivity index (χ1) is 6.54. The molecule has 2 N–H and O–H groups in total. The number of hydrogen-bond donors (Lipinski definition) is 2. The highest BCUT2D eigenvalue weighted by Crippen LogP contribution is 2.14. The predicted octanol–water partition coefficient (Wildman–Crippen LogP) is 1.48. The summed E-state index contributed by atoms with van der Waals surface area (Å²) in [5.74, 6) is -0.147. The van der Waals surface area contributed by atoms with Crippen LogP contribution in [0.15, 0.2) is 11.3 Å². The third-order valence-electron chi connectivity index (χ3n) is 2.37. The van der Waals surface area contributed by atoms with E-state index in [1.54, 1.807) is 0 Å². The van der Waals surface area contributed by atoms with Crippen LogP contribution in [0, 0.1) is 5.41 Å². The van der Waals surface area contributed by atoms with Gasteiger partial charge in [0.1, 0.15) is 11.6 Å². The molecule has 4 nitrogen and oxygen atoms in total. The van der Waals surface area contributed by atoms with Crippen molar-refractivity contribution in [1.82, 2.24) is 4.90 Å². The van der Waals surface area contributed by atoms with E-state index >= 15 is 0 Å². The summed E-state index contributed by atoms with van der Waals surface area (Å²) in [6.07, 6.45) is 2.11. The minimum atomic E-state index is -0.248. The van der Waals surface area contributed by atoms with E-state index in [9.17, 15) is 9.90 Å². The fraction of sp³-hybridized carbons (Fsp3) is 0.600. The van der Waals surface area contributed by atoms with Gasteiger partial charge in [-0.25, -0.2) is 0 Å². The summed E-state index contributed by atoms with van der Waals surface area (Å²) in [6.45, 7) is 4.44. The van der Waals surface area contributed by atoms with Gasteiger partial charge in [0.15, 0.2) is 5.78 Å². The molecule has 1 aliphatic heterocycles. The zero-order valence-electron chi connectivity index (χ0n) is 8.63. The molecule has 1 rings (SSSR count). The molecule has 4 heteroatoms. The maximum atomic E-state index is 11.2. The van der Waals surface area contributed by atoms with E-state index in [1.165, 1.54) is 13.8 Å². The normalized spacial score (nSPS) is 18.0. The van der Waals surface area contributed by atoms with Crippen molar-refractivity contribution >= 4 is 11.6 Å². The number of nitrogens with one attached hydrogen (secondary N) is 1. The molecule has 0 aliphatic carbocycles. The molecule has 0 atom stereocenters. The van der Waals surface area contributed by atoms with Crippen LogP contribution in [0.5, 0.6) is 0 Å². The van der Waals surface area contributed by atoms with Gasteiger partial charge in [0, 0.05) is 13.1 Å². The van der Waals surface area contributed by atoms with Crippen molar-refractivity contribution in [2.45, 2.75) is 26.7 Å². The van der Waals surface area contributed by atoms with E-state index < -0.39 is 0 Å². The Morgan fingerprint density at radius 2 is 1.79 bits per heavy atom. The number of amidine groups is 1. The predicted molar refractivity (Wildman–Crippen MR) is 54.5 cm³/mol. The Bertz CT molecular complexity index is 284. The number of likely N-dealkylation sites (tertiary alicyclic amines) is 1. The van der Waals surface area contributed by atoms with Gasteiger partial charge < -0.3 is 10.0 Å². The highest BCUT2D eigenvalue weighted by molar-refractivity contribution is 6.19. The molecule has 0 aromatic rings. The lowest BCUT2D eigenvalue weighted by atomic mass is 10.1. The van der Waals surface area contributed by atoms with Crippen LogP contribution in [-0.2, 0) is 4.79 Å². The summed E-state index contributed by atoms with van der Waals surface area (Å²) < 4.78 is 0. The molecule has 0 saturated carbocycles. The van der Waals surface area contributed by atoms with Gasteiger partial charge in [-0.15, -0.1) is 0 Å². The van der Waals surface area contributed by atoms with Gasteiger partial charge in [-0.3, -0.25) is 10.2 Å². The van der Waals surface area contributed by atoms with Crippen LogP contribution >= 0.6 is 0 Å². The van der Waals surface area contributed by atoms with Crippen molar-refractivity contribution in [3.05, 3.63) is 11.3 Å². The summed E-state index contributed by atoms with van der Waals surface area (Å²) in [5.41, 5.74) is 0.145. The molecule has 0 radical (unpaired) electrons. The molecule has 1 heterocycles. The van der Waals surface area contributed by atoms with Crippen molar-refractivity contribution in [1.29, 1.82) is 5.41 Å². The quantitative estimate of drug-likeness (QED) is 0.304. The second kappa shape index (κ2) is 4.26. The maximum Gasteiger partial charge on any atom is 0.166 e. The topological polar surface area (TPSA) is 64.4 Å². The summed E-state index contributed by atoms with van der Waals surface area (Å²) >= 11 is 0. The van der Waals surface area contributed by atoms with Gasteiger partial charge in [0.05, 0.1) is 5.57 Å². The number of carbonyl (C=O) groups excluding carboxylic acids is 1. The minimum absolute atomic E-state index is 0.0607. The van der Waals surface area contributed by atoms with Crippen LogP contribution in [0.3, 0.4) is 0 Å². The first kappa shape index (κ1) is 10.8. The fourth-order valence-corrected chi connectivity index (χ4v) is 1.69. The van der Waals surface area contributed by atoms with Gasteiger partial charge in [-0.1, -0.05) is 0 Å². The molecule has 1 saturated heterocycles. The molecule has 0 amide bonds. The molecule has 0 aromatic heterocycles. The number of ketones is 1. The van der Waals surface area contributed by atoms with Crippen LogP contribution in [-0.4, -0.2) is 34.7 Å². The molecule has 1 aliphatic rings. The van der Waals surface area contributed by atoms with Crippen molar-refractivity contribution in [3.63, 3.8) is 0 Å².